The lowest BCUT2D eigenvalue weighted by molar-refractivity contribution is -0.143. The number of aromatic carboxylic acids is 1. The van der Waals surface area contributed by atoms with Crippen molar-refractivity contribution in [3.05, 3.63) is 30.1 Å². The third-order valence-corrected chi connectivity index (χ3v) is 2.74. The predicted octanol–water partition coefficient (Wildman–Crippen LogP) is 1.69. The van der Waals surface area contributed by atoms with E-state index in [4.69, 9.17) is 9.84 Å². The highest BCUT2D eigenvalue weighted by Gasteiger charge is 2.12. The van der Waals surface area contributed by atoms with Gasteiger partial charge in [0, 0.05) is 6.54 Å². The molecule has 1 heterocycles. The van der Waals surface area contributed by atoms with E-state index in [1.807, 2.05) is 0 Å². The van der Waals surface area contributed by atoms with E-state index in [0.29, 0.717) is 24.2 Å². The zero-order valence-electron chi connectivity index (χ0n) is 10.5. The molecule has 0 saturated heterocycles. The molecule has 0 unspecified atom stereocenters. The summed E-state index contributed by atoms with van der Waals surface area (Å²) in [5.74, 6) is -1.29. The zero-order chi connectivity index (χ0) is 13.8. The van der Waals surface area contributed by atoms with Crippen LogP contribution >= 0.6 is 0 Å². The highest BCUT2D eigenvalue weighted by molar-refractivity contribution is 6.00. The van der Waals surface area contributed by atoms with Crippen LogP contribution in [0.2, 0.25) is 0 Å². The fourth-order valence-corrected chi connectivity index (χ4v) is 1.88. The molecule has 0 saturated carbocycles. The summed E-state index contributed by atoms with van der Waals surface area (Å²) in [6, 6.07) is 4.95. The van der Waals surface area contributed by atoms with Gasteiger partial charge in [-0.15, -0.1) is 0 Å². The average Bonchev–Trinajstić information content (AvgIpc) is 2.79. The first-order valence-corrected chi connectivity index (χ1v) is 5.96. The number of rotatable bonds is 5. The number of carbonyl (C=O) groups is 2. The number of nitrogens with zero attached hydrogens (tertiary/aromatic N) is 2. The Labute approximate surface area is 109 Å². The van der Waals surface area contributed by atoms with Crippen molar-refractivity contribution in [2.24, 2.45) is 0 Å². The number of hydrogen-bond donors (Lipinski definition) is 1. The molecule has 0 aliphatic carbocycles. The number of carboxylic acids is 1. The van der Waals surface area contributed by atoms with Crippen LogP contribution in [0.5, 0.6) is 0 Å². The van der Waals surface area contributed by atoms with E-state index in [9.17, 15) is 9.59 Å². The van der Waals surface area contributed by atoms with Gasteiger partial charge >= 0.3 is 11.9 Å². The molecular weight excluding hydrogens is 248 g/mol. The molecule has 2 rings (SSSR count). The van der Waals surface area contributed by atoms with E-state index < -0.39 is 5.97 Å². The molecule has 100 valence electrons. The summed E-state index contributed by atoms with van der Waals surface area (Å²) in [6.45, 7) is 2.52. The standard InChI is InChI=1S/C13H14N2O4/c1-2-19-11(16)6-7-15-8-14-12-9(13(17)18)4-3-5-10(12)15/h3-5,8H,2,6-7H2,1H3,(H,17,18). The van der Waals surface area contributed by atoms with Gasteiger partial charge in [0.2, 0.25) is 0 Å². The minimum absolute atomic E-state index is 0.160. The maximum absolute atomic E-state index is 11.3. The van der Waals surface area contributed by atoms with Crippen molar-refractivity contribution >= 4 is 23.0 Å². The first-order valence-electron chi connectivity index (χ1n) is 5.96. The Morgan fingerprint density at radius 1 is 1.42 bits per heavy atom. The monoisotopic (exact) mass is 262 g/mol. The quantitative estimate of drug-likeness (QED) is 0.829. The maximum Gasteiger partial charge on any atom is 0.337 e. The molecule has 6 nitrogen and oxygen atoms in total. The van der Waals surface area contributed by atoms with Gasteiger partial charge in [0.05, 0.1) is 30.4 Å². The fraction of sp³-hybridized carbons (Fsp3) is 0.308. The number of para-hydroxylation sites is 1. The fourth-order valence-electron chi connectivity index (χ4n) is 1.88. The lowest BCUT2D eigenvalue weighted by atomic mass is 10.2. The highest BCUT2D eigenvalue weighted by Crippen LogP contribution is 2.17. The first-order chi connectivity index (χ1) is 9.13. The average molecular weight is 262 g/mol. The number of benzene rings is 1. The molecule has 0 amide bonds. The van der Waals surface area contributed by atoms with Crippen LogP contribution in [-0.2, 0) is 16.1 Å². The molecule has 0 aliphatic heterocycles. The smallest absolute Gasteiger partial charge is 0.337 e. The second kappa shape index (κ2) is 5.51. The lowest BCUT2D eigenvalue weighted by Gasteiger charge is -2.04. The summed E-state index contributed by atoms with van der Waals surface area (Å²) in [7, 11) is 0. The van der Waals surface area contributed by atoms with Crippen LogP contribution in [0.1, 0.15) is 23.7 Å². The number of esters is 1. The predicted molar refractivity (Wildman–Crippen MR) is 67.9 cm³/mol. The number of imidazole rings is 1. The van der Waals surface area contributed by atoms with Gasteiger partial charge < -0.3 is 14.4 Å². The molecule has 0 aliphatic rings. The molecule has 6 heteroatoms. The summed E-state index contributed by atoms with van der Waals surface area (Å²) in [5.41, 5.74) is 1.29. The number of fused-ring (bicyclic) bond motifs is 1. The number of hydrogen-bond acceptors (Lipinski definition) is 4. The van der Waals surface area contributed by atoms with E-state index >= 15 is 0 Å². The van der Waals surface area contributed by atoms with E-state index in [1.54, 1.807) is 23.6 Å². The molecule has 1 N–H and O–H groups in total. The van der Waals surface area contributed by atoms with Crippen molar-refractivity contribution in [2.45, 2.75) is 19.9 Å². The second-order valence-electron chi connectivity index (χ2n) is 3.97. The number of carboxylic acid groups (broad SMARTS) is 1. The van der Waals surface area contributed by atoms with Gasteiger partial charge in [-0.2, -0.15) is 0 Å². The number of aryl methyl sites for hydroxylation is 1. The Kier molecular flexibility index (Phi) is 3.79. The van der Waals surface area contributed by atoms with Gasteiger partial charge in [0.25, 0.3) is 0 Å². The van der Waals surface area contributed by atoms with Crippen LogP contribution in [0.4, 0.5) is 0 Å². The third kappa shape index (κ3) is 2.73. The van der Waals surface area contributed by atoms with Crippen molar-refractivity contribution in [3.63, 3.8) is 0 Å². The van der Waals surface area contributed by atoms with Crippen LogP contribution in [0.15, 0.2) is 24.5 Å². The van der Waals surface area contributed by atoms with E-state index in [2.05, 4.69) is 4.98 Å². The minimum atomic E-state index is -1.01. The molecular formula is C13H14N2O4. The van der Waals surface area contributed by atoms with Gasteiger partial charge in [-0.25, -0.2) is 9.78 Å². The van der Waals surface area contributed by atoms with Crippen LogP contribution in [0.25, 0.3) is 11.0 Å². The Bertz CT molecular complexity index is 618. The summed E-state index contributed by atoms with van der Waals surface area (Å²) in [5, 5.41) is 9.06. The molecule has 1 aromatic heterocycles. The summed E-state index contributed by atoms with van der Waals surface area (Å²) in [4.78, 5) is 26.4. The minimum Gasteiger partial charge on any atom is -0.478 e. The third-order valence-electron chi connectivity index (χ3n) is 2.74. The Morgan fingerprint density at radius 3 is 2.89 bits per heavy atom. The van der Waals surface area contributed by atoms with Crippen molar-refractivity contribution in [3.8, 4) is 0 Å². The molecule has 0 bridgehead atoms. The molecule has 2 aromatic rings. The van der Waals surface area contributed by atoms with Crippen LogP contribution < -0.4 is 0 Å². The normalized spacial score (nSPS) is 10.6. The van der Waals surface area contributed by atoms with E-state index in [0.717, 1.165) is 0 Å². The van der Waals surface area contributed by atoms with Gasteiger partial charge in [-0.05, 0) is 19.1 Å². The van der Waals surface area contributed by atoms with Crippen molar-refractivity contribution < 1.29 is 19.4 Å². The first kappa shape index (κ1) is 13.1. The lowest BCUT2D eigenvalue weighted by Crippen LogP contribution is -2.08. The van der Waals surface area contributed by atoms with Gasteiger partial charge in [0.1, 0.15) is 5.52 Å². The van der Waals surface area contributed by atoms with E-state index in [1.165, 1.54) is 12.4 Å². The van der Waals surface area contributed by atoms with Crippen molar-refractivity contribution in [2.75, 3.05) is 6.61 Å². The van der Waals surface area contributed by atoms with Crippen molar-refractivity contribution in [1.29, 1.82) is 0 Å². The zero-order valence-corrected chi connectivity index (χ0v) is 10.5. The molecule has 1 aromatic carbocycles. The topological polar surface area (TPSA) is 81.4 Å². The van der Waals surface area contributed by atoms with Crippen LogP contribution in [0, 0.1) is 0 Å². The van der Waals surface area contributed by atoms with Crippen LogP contribution in [0.3, 0.4) is 0 Å². The second-order valence-corrected chi connectivity index (χ2v) is 3.97. The van der Waals surface area contributed by atoms with Crippen molar-refractivity contribution in [1.82, 2.24) is 9.55 Å². The largest absolute Gasteiger partial charge is 0.478 e. The number of carbonyl (C=O) groups excluding carboxylic acids is 1. The SMILES string of the molecule is CCOC(=O)CCn1cnc2c(C(=O)O)cccc21. The number of aromatic nitrogens is 2. The van der Waals surface area contributed by atoms with Crippen LogP contribution in [-0.4, -0.2) is 33.2 Å². The summed E-state index contributed by atoms with van der Waals surface area (Å²) >= 11 is 0. The van der Waals surface area contributed by atoms with Gasteiger partial charge in [-0.3, -0.25) is 4.79 Å². The Balaban J connectivity index is 2.24. The van der Waals surface area contributed by atoms with Gasteiger partial charge in [0.15, 0.2) is 0 Å². The summed E-state index contributed by atoms with van der Waals surface area (Å²) in [6.07, 6.45) is 1.77. The Hall–Kier alpha value is -2.37. The highest BCUT2D eigenvalue weighted by atomic mass is 16.5. The van der Waals surface area contributed by atoms with E-state index in [-0.39, 0.29) is 18.0 Å². The number of ether oxygens (including phenoxy) is 1. The summed E-state index contributed by atoms with van der Waals surface area (Å²) < 4.78 is 6.60. The Morgan fingerprint density at radius 2 is 2.21 bits per heavy atom. The molecule has 0 radical (unpaired) electrons. The molecule has 19 heavy (non-hydrogen) atoms. The molecule has 0 fully saturated rings. The van der Waals surface area contributed by atoms with Gasteiger partial charge in [-0.1, -0.05) is 6.07 Å². The molecule has 0 atom stereocenters. The molecule has 0 spiro atoms. The maximum atomic E-state index is 11.3.